The van der Waals surface area contributed by atoms with Gasteiger partial charge in [-0.05, 0) is 36.4 Å². The molecule has 2 aromatic carbocycles. The average Bonchev–Trinajstić information content (AvgIpc) is 2.81. The highest BCUT2D eigenvalue weighted by Gasteiger charge is 2.35. The predicted octanol–water partition coefficient (Wildman–Crippen LogP) is 3.78. The maximum absolute atomic E-state index is 12.3. The third-order valence-electron chi connectivity index (χ3n) is 3.75. The van der Waals surface area contributed by atoms with Crippen molar-refractivity contribution >= 4 is 23.6 Å². The summed E-state index contributed by atoms with van der Waals surface area (Å²) in [7, 11) is 1.95. The van der Waals surface area contributed by atoms with Gasteiger partial charge in [0.1, 0.15) is 6.17 Å². The SMILES string of the molecule is CN1CC(=O)N(/C=C\c2ccccc2)C1c1ccc(Cl)cc1. The molecule has 1 amide bonds. The Hall–Kier alpha value is -2.10. The minimum atomic E-state index is -0.0928. The number of carbonyl (C=O) groups is 1. The van der Waals surface area contributed by atoms with Gasteiger partial charge in [0.25, 0.3) is 0 Å². The van der Waals surface area contributed by atoms with Crippen LogP contribution >= 0.6 is 11.6 Å². The lowest BCUT2D eigenvalue weighted by atomic mass is 10.1. The largest absolute Gasteiger partial charge is 0.297 e. The molecule has 0 bridgehead atoms. The summed E-state index contributed by atoms with van der Waals surface area (Å²) in [4.78, 5) is 16.1. The molecule has 1 heterocycles. The second-order valence-corrected chi connectivity index (χ2v) is 5.80. The van der Waals surface area contributed by atoms with Crippen molar-refractivity contribution in [1.82, 2.24) is 9.80 Å². The van der Waals surface area contributed by atoms with Crippen LogP contribution in [0.3, 0.4) is 0 Å². The maximum Gasteiger partial charge on any atom is 0.242 e. The average molecular weight is 313 g/mol. The molecule has 1 aliphatic rings. The first-order valence-electron chi connectivity index (χ1n) is 7.15. The van der Waals surface area contributed by atoms with Crippen LogP contribution in [0.4, 0.5) is 0 Å². The quantitative estimate of drug-likeness (QED) is 0.861. The van der Waals surface area contributed by atoms with Crippen LogP contribution in [-0.4, -0.2) is 29.3 Å². The Morgan fingerprint density at radius 3 is 2.45 bits per heavy atom. The zero-order valence-electron chi connectivity index (χ0n) is 12.3. The molecule has 0 spiro atoms. The maximum atomic E-state index is 12.3. The van der Waals surface area contributed by atoms with Crippen LogP contribution < -0.4 is 0 Å². The number of hydrogen-bond acceptors (Lipinski definition) is 2. The van der Waals surface area contributed by atoms with Gasteiger partial charge in [-0.2, -0.15) is 0 Å². The van der Waals surface area contributed by atoms with Gasteiger partial charge in [-0.25, -0.2) is 0 Å². The first-order valence-corrected chi connectivity index (χ1v) is 7.53. The normalized spacial score (nSPS) is 19.3. The van der Waals surface area contributed by atoms with Crippen LogP contribution in [0.1, 0.15) is 17.3 Å². The standard InChI is InChI=1S/C18H17ClN2O/c1-20-13-17(22)21(12-11-14-5-3-2-4-6-14)18(20)15-7-9-16(19)10-8-15/h2-12,18H,13H2,1H3/b12-11-. The molecule has 1 fully saturated rings. The summed E-state index contributed by atoms with van der Waals surface area (Å²) >= 11 is 5.95. The first-order chi connectivity index (χ1) is 10.6. The topological polar surface area (TPSA) is 23.6 Å². The molecule has 0 aliphatic carbocycles. The van der Waals surface area contributed by atoms with E-state index in [0.717, 1.165) is 11.1 Å². The lowest BCUT2D eigenvalue weighted by Crippen LogP contribution is -2.26. The van der Waals surface area contributed by atoms with Crippen LogP contribution in [0.25, 0.3) is 6.08 Å². The smallest absolute Gasteiger partial charge is 0.242 e. The van der Waals surface area contributed by atoms with E-state index in [4.69, 9.17) is 11.6 Å². The fourth-order valence-electron chi connectivity index (χ4n) is 2.68. The van der Waals surface area contributed by atoms with E-state index in [2.05, 4.69) is 0 Å². The molecule has 0 N–H and O–H groups in total. The fourth-order valence-corrected chi connectivity index (χ4v) is 2.80. The van der Waals surface area contributed by atoms with Crippen molar-refractivity contribution in [3.05, 3.63) is 76.9 Å². The van der Waals surface area contributed by atoms with Crippen LogP contribution in [0, 0.1) is 0 Å². The highest BCUT2D eigenvalue weighted by molar-refractivity contribution is 6.30. The molecule has 112 valence electrons. The zero-order valence-corrected chi connectivity index (χ0v) is 13.1. The molecule has 1 unspecified atom stereocenters. The van der Waals surface area contributed by atoms with E-state index >= 15 is 0 Å². The van der Waals surface area contributed by atoms with E-state index in [1.54, 1.807) is 4.90 Å². The Balaban J connectivity index is 1.88. The Bertz CT molecular complexity index is 682. The summed E-state index contributed by atoms with van der Waals surface area (Å²) in [6.07, 6.45) is 3.73. The van der Waals surface area contributed by atoms with Gasteiger partial charge in [-0.3, -0.25) is 14.6 Å². The Labute approximate surface area is 135 Å². The van der Waals surface area contributed by atoms with E-state index in [1.807, 2.05) is 78.8 Å². The van der Waals surface area contributed by atoms with E-state index in [1.165, 1.54) is 0 Å². The minimum Gasteiger partial charge on any atom is -0.297 e. The van der Waals surface area contributed by atoms with Gasteiger partial charge in [0.15, 0.2) is 0 Å². The van der Waals surface area contributed by atoms with Gasteiger partial charge in [0, 0.05) is 11.2 Å². The number of nitrogens with zero attached hydrogens (tertiary/aromatic N) is 2. The minimum absolute atomic E-state index is 0.0923. The fraction of sp³-hybridized carbons (Fsp3) is 0.167. The Kier molecular flexibility index (Phi) is 4.27. The molecule has 0 saturated carbocycles. The van der Waals surface area contributed by atoms with Gasteiger partial charge in [0.2, 0.25) is 5.91 Å². The number of halogens is 1. The molecule has 22 heavy (non-hydrogen) atoms. The van der Waals surface area contributed by atoms with Crippen molar-refractivity contribution in [2.75, 3.05) is 13.6 Å². The molecular weight excluding hydrogens is 296 g/mol. The number of amides is 1. The third kappa shape index (κ3) is 3.06. The lowest BCUT2D eigenvalue weighted by Gasteiger charge is -2.25. The molecule has 3 rings (SSSR count). The number of benzene rings is 2. The van der Waals surface area contributed by atoms with Crippen molar-refractivity contribution < 1.29 is 4.79 Å². The Morgan fingerprint density at radius 2 is 1.77 bits per heavy atom. The summed E-state index contributed by atoms with van der Waals surface area (Å²) in [5.41, 5.74) is 2.12. The molecule has 0 radical (unpaired) electrons. The monoisotopic (exact) mass is 312 g/mol. The van der Waals surface area contributed by atoms with Gasteiger partial charge in [-0.1, -0.05) is 54.1 Å². The molecule has 1 aliphatic heterocycles. The summed E-state index contributed by atoms with van der Waals surface area (Å²) in [5, 5.41) is 0.696. The van der Waals surface area contributed by atoms with Crippen LogP contribution in [0.5, 0.6) is 0 Å². The van der Waals surface area contributed by atoms with Crippen LogP contribution in [0.2, 0.25) is 5.02 Å². The molecule has 1 atom stereocenters. The van der Waals surface area contributed by atoms with Crippen molar-refractivity contribution in [3.8, 4) is 0 Å². The van der Waals surface area contributed by atoms with Gasteiger partial charge < -0.3 is 0 Å². The molecule has 4 heteroatoms. The highest BCUT2D eigenvalue weighted by Crippen LogP contribution is 2.30. The van der Waals surface area contributed by atoms with Crippen molar-refractivity contribution in [2.24, 2.45) is 0 Å². The van der Waals surface area contributed by atoms with Gasteiger partial charge in [0.05, 0.1) is 6.54 Å². The molecule has 0 aromatic heterocycles. The summed E-state index contributed by atoms with van der Waals surface area (Å²) in [6.45, 7) is 0.409. The van der Waals surface area contributed by atoms with E-state index < -0.39 is 0 Å². The molecule has 1 saturated heterocycles. The number of hydrogen-bond donors (Lipinski definition) is 0. The van der Waals surface area contributed by atoms with Crippen molar-refractivity contribution in [1.29, 1.82) is 0 Å². The first kappa shape index (κ1) is 14.8. The van der Waals surface area contributed by atoms with E-state index in [0.29, 0.717) is 11.6 Å². The third-order valence-corrected chi connectivity index (χ3v) is 4.00. The molecule has 2 aromatic rings. The van der Waals surface area contributed by atoms with Gasteiger partial charge >= 0.3 is 0 Å². The zero-order chi connectivity index (χ0) is 15.5. The summed E-state index contributed by atoms with van der Waals surface area (Å²) in [5.74, 6) is 0.0923. The van der Waals surface area contributed by atoms with Crippen molar-refractivity contribution in [2.45, 2.75) is 6.17 Å². The number of carbonyl (C=O) groups excluding carboxylic acids is 1. The Morgan fingerprint density at radius 1 is 1.09 bits per heavy atom. The lowest BCUT2D eigenvalue weighted by molar-refractivity contribution is -0.125. The van der Waals surface area contributed by atoms with E-state index in [9.17, 15) is 4.79 Å². The van der Waals surface area contributed by atoms with Gasteiger partial charge in [-0.15, -0.1) is 0 Å². The number of rotatable bonds is 3. The van der Waals surface area contributed by atoms with Crippen LogP contribution in [0.15, 0.2) is 60.8 Å². The number of likely N-dealkylation sites (N-methyl/N-ethyl adjacent to an activating group) is 1. The summed E-state index contributed by atoms with van der Waals surface area (Å²) in [6, 6.07) is 17.6. The predicted molar refractivity (Wildman–Crippen MR) is 89.1 cm³/mol. The molecular formula is C18H17ClN2O. The second-order valence-electron chi connectivity index (χ2n) is 5.37. The van der Waals surface area contributed by atoms with Crippen molar-refractivity contribution in [3.63, 3.8) is 0 Å². The van der Waals surface area contributed by atoms with Crippen LogP contribution in [-0.2, 0) is 4.79 Å². The van der Waals surface area contributed by atoms with E-state index in [-0.39, 0.29) is 12.1 Å². The second kappa shape index (κ2) is 6.34. The molecule has 3 nitrogen and oxygen atoms in total. The highest BCUT2D eigenvalue weighted by atomic mass is 35.5. The summed E-state index contributed by atoms with van der Waals surface area (Å²) < 4.78 is 0.